The number of rotatable bonds is 4. The Labute approximate surface area is 169 Å². The third-order valence-corrected chi connectivity index (χ3v) is 5.56. The summed E-state index contributed by atoms with van der Waals surface area (Å²) in [6.07, 6.45) is 5.53. The zero-order valence-corrected chi connectivity index (χ0v) is 16.2. The van der Waals surface area contributed by atoms with Crippen molar-refractivity contribution in [3.05, 3.63) is 84.6 Å². The number of carbonyl (C=O) groups is 1. The molecule has 1 amide bonds. The second-order valence-corrected chi connectivity index (χ2v) is 7.48. The summed E-state index contributed by atoms with van der Waals surface area (Å²) in [6, 6.07) is 18.5. The summed E-state index contributed by atoms with van der Waals surface area (Å²) >= 11 is 0. The van der Waals surface area contributed by atoms with E-state index in [0.717, 1.165) is 49.3 Å². The van der Waals surface area contributed by atoms with Crippen LogP contribution in [0.25, 0.3) is 16.6 Å². The number of nitrogens with one attached hydrogen (secondary N) is 1. The van der Waals surface area contributed by atoms with Crippen molar-refractivity contribution in [2.24, 2.45) is 0 Å². The number of carbonyl (C=O) groups excluding carboxylic acids is 1. The van der Waals surface area contributed by atoms with Crippen LogP contribution in [0.2, 0.25) is 0 Å². The fraction of sp³-hybridized carbons (Fsp3) is 0.217. The summed E-state index contributed by atoms with van der Waals surface area (Å²) in [7, 11) is 0. The molecule has 0 unspecified atom stereocenters. The molecule has 0 spiro atoms. The third-order valence-electron chi connectivity index (χ3n) is 5.56. The molecule has 0 aliphatic carbocycles. The highest BCUT2D eigenvalue weighted by molar-refractivity contribution is 5.98. The molecule has 2 aromatic carbocycles. The number of aromatic amines is 1. The molecule has 1 fully saturated rings. The van der Waals surface area contributed by atoms with E-state index in [1.165, 1.54) is 5.56 Å². The van der Waals surface area contributed by atoms with Crippen molar-refractivity contribution < 1.29 is 4.79 Å². The molecule has 0 saturated carbocycles. The highest BCUT2D eigenvalue weighted by atomic mass is 16.2. The van der Waals surface area contributed by atoms with Crippen molar-refractivity contribution in [1.29, 1.82) is 0 Å². The van der Waals surface area contributed by atoms with Gasteiger partial charge in [0.1, 0.15) is 5.69 Å². The summed E-state index contributed by atoms with van der Waals surface area (Å²) in [5.41, 5.74) is 4.08. The first kappa shape index (κ1) is 17.7. The van der Waals surface area contributed by atoms with E-state index < -0.39 is 0 Å². The van der Waals surface area contributed by atoms with Gasteiger partial charge >= 0.3 is 0 Å². The number of benzene rings is 2. The van der Waals surface area contributed by atoms with E-state index in [1.807, 2.05) is 46.0 Å². The van der Waals surface area contributed by atoms with Crippen LogP contribution in [0.15, 0.2) is 73.3 Å². The van der Waals surface area contributed by atoms with Gasteiger partial charge in [0, 0.05) is 61.7 Å². The van der Waals surface area contributed by atoms with E-state index >= 15 is 0 Å². The van der Waals surface area contributed by atoms with Gasteiger partial charge in [0.2, 0.25) is 0 Å². The standard InChI is InChI=1S/C23H23N5O/c29-23(22-15-19-3-1-2-4-21(19)25-22)27-13-11-26(12-14-27)16-18-5-7-20(8-6-18)28-10-9-24-17-28/h1-10,15,17,25H,11-14,16H2. The maximum absolute atomic E-state index is 12.9. The van der Waals surface area contributed by atoms with Gasteiger partial charge in [0.15, 0.2) is 0 Å². The SMILES string of the molecule is O=C(c1cc2ccccc2[nH]1)N1CCN(Cc2ccc(-n3ccnc3)cc2)CC1. The van der Waals surface area contributed by atoms with E-state index in [0.29, 0.717) is 5.69 Å². The molecule has 29 heavy (non-hydrogen) atoms. The Balaban J connectivity index is 1.18. The molecule has 6 nitrogen and oxygen atoms in total. The number of piperazine rings is 1. The Morgan fingerprint density at radius 2 is 1.79 bits per heavy atom. The van der Waals surface area contributed by atoms with Crippen LogP contribution in [0.5, 0.6) is 0 Å². The van der Waals surface area contributed by atoms with E-state index in [-0.39, 0.29) is 5.91 Å². The number of aromatic nitrogens is 3. The van der Waals surface area contributed by atoms with Gasteiger partial charge < -0.3 is 14.5 Å². The largest absolute Gasteiger partial charge is 0.351 e. The van der Waals surface area contributed by atoms with Crippen LogP contribution in [0.1, 0.15) is 16.1 Å². The molecule has 2 aromatic heterocycles. The lowest BCUT2D eigenvalue weighted by atomic mass is 10.1. The molecule has 1 N–H and O–H groups in total. The van der Waals surface area contributed by atoms with E-state index in [1.54, 1.807) is 12.5 Å². The Morgan fingerprint density at radius 3 is 2.52 bits per heavy atom. The van der Waals surface area contributed by atoms with Crippen LogP contribution in [0.3, 0.4) is 0 Å². The summed E-state index contributed by atoms with van der Waals surface area (Å²) in [5.74, 6) is 0.0885. The maximum Gasteiger partial charge on any atom is 0.270 e. The molecule has 146 valence electrons. The van der Waals surface area contributed by atoms with Crippen molar-refractivity contribution >= 4 is 16.8 Å². The lowest BCUT2D eigenvalue weighted by molar-refractivity contribution is 0.0623. The second-order valence-electron chi connectivity index (χ2n) is 7.48. The summed E-state index contributed by atoms with van der Waals surface area (Å²) in [6.45, 7) is 4.17. The Morgan fingerprint density at radius 1 is 1.00 bits per heavy atom. The molecule has 1 aliphatic rings. The van der Waals surface area contributed by atoms with Gasteiger partial charge in [-0.2, -0.15) is 0 Å². The smallest absolute Gasteiger partial charge is 0.270 e. The van der Waals surface area contributed by atoms with Gasteiger partial charge in [-0.3, -0.25) is 9.69 Å². The number of hydrogen-bond donors (Lipinski definition) is 1. The van der Waals surface area contributed by atoms with Crippen LogP contribution >= 0.6 is 0 Å². The lowest BCUT2D eigenvalue weighted by Gasteiger charge is -2.34. The van der Waals surface area contributed by atoms with Crippen molar-refractivity contribution in [3.63, 3.8) is 0 Å². The van der Waals surface area contributed by atoms with Gasteiger partial charge in [-0.15, -0.1) is 0 Å². The predicted molar refractivity (Wildman–Crippen MR) is 113 cm³/mol. The molecular weight excluding hydrogens is 362 g/mol. The highest BCUT2D eigenvalue weighted by Crippen LogP contribution is 2.18. The zero-order chi connectivity index (χ0) is 19.6. The Bertz CT molecular complexity index is 1070. The van der Waals surface area contributed by atoms with Crippen molar-refractivity contribution in [1.82, 2.24) is 24.3 Å². The number of H-pyrrole nitrogens is 1. The molecule has 4 aromatic rings. The first-order chi connectivity index (χ1) is 14.3. The van der Waals surface area contributed by atoms with Gasteiger partial charge in [0.25, 0.3) is 5.91 Å². The van der Waals surface area contributed by atoms with E-state index in [4.69, 9.17) is 0 Å². The molecule has 1 saturated heterocycles. The lowest BCUT2D eigenvalue weighted by Crippen LogP contribution is -2.48. The fourth-order valence-corrected chi connectivity index (χ4v) is 3.91. The predicted octanol–water partition coefficient (Wildman–Crippen LogP) is 3.31. The first-order valence-electron chi connectivity index (χ1n) is 9.93. The van der Waals surface area contributed by atoms with E-state index in [2.05, 4.69) is 39.1 Å². The van der Waals surface area contributed by atoms with Crippen LogP contribution in [-0.4, -0.2) is 56.4 Å². The maximum atomic E-state index is 12.9. The zero-order valence-electron chi connectivity index (χ0n) is 16.2. The van der Waals surface area contributed by atoms with Gasteiger partial charge in [-0.1, -0.05) is 30.3 Å². The van der Waals surface area contributed by atoms with Crippen LogP contribution < -0.4 is 0 Å². The normalized spacial score (nSPS) is 15.1. The summed E-state index contributed by atoms with van der Waals surface area (Å²) < 4.78 is 2.00. The number of amides is 1. The van der Waals surface area contributed by atoms with E-state index in [9.17, 15) is 4.79 Å². The summed E-state index contributed by atoms with van der Waals surface area (Å²) in [4.78, 5) is 24.5. The number of imidazole rings is 1. The average molecular weight is 385 g/mol. The van der Waals surface area contributed by atoms with Gasteiger partial charge in [0.05, 0.1) is 6.33 Å². The van der Waals surface area contributed by atoms with Gasteiger partial charge in [-0.25, -0.2) is 4.98 Å². The Kier molecular flexibility index (Phi) is 4.62. The van der Waals surface area contributed by atoms with Crippen LogP contribution in [0, 0.1) is 0 Å². The average Bonchev–Trinajstić information content (AvgIpc) is 3.44. The quantitative estimate of drug-likeness (QED) is 0.586. The number of para-hydroxylation sites is 1. The fourth-order valence-electron chi connectivity index (χ4n) is 3.91. The minimum absolute atomic E-state index is 0.0885. The highest BCUT2D eigenvalue weighted by Gasteiger charge is 2.23. The Hall–Kier alpha value is -3.38. The molecular formula is C23H23N5O. The van der Waals surface area contributed by atoms with Crippen LogP contribution in [0.4, 0.5) is 0 Å². The topological polar surface area (TPSA) is 57.2 Å². The van der Waals surface area contributed by atoms with Crippen molar-refractivity contribution in [3.8, 4) is 5.69 Å². The second kappa shape index (κ2) is 7.56. The third kappa shape index (κ3) is 3.67. The first-order valence-corrected chi connectivity index (χ1v) is 9.93. The molecule has 3 heterocycles. The van der Waals surface area contributed by atoms with Crippen molar-refractivity contribution in [2.45, 2.75) is 6.54 Å². The van der Waals surface area contributed by atoms with Gasteiger partial charge in [-0.05, 0) is 29.8 Å². The van der Waals surface area contributed by atoms with Crippen LogP contribution in [-0.2, 0) is 6.54 Å². The molecule has 0 bridgehead atoms. The number of fused-ring (bicyclic) bond motifs is 1. The minimum Gasteiger partial charge on any atom is -0.351 e. The molecule has 0 radical (unpaired) electrons. The summed E-state index contributed by atoms with van der Waals surface area (Å²) in [5, 5.41) is 1.08. The molecule has 5 rings (SSSR count). The molecule has 1 aliphatic heterocycles. The molecule has 0 atom stereocenters. The number of hydrogen-bond acceptors (Lipinski definition) is 3. The van der Waals surface area contributed by atoms with Crippen molar-refractivity contribution in [2.75, 3.05) is 26.2 Å². The monoisotopic (exact) mass is 385 g/mol. The number of nitrogens with zero attached hydrogens (tertiary/aromatic N) is 4. The minimum atomic E-state index is 0.0885. The molecule has 6 heteroatoms.